The molecule has 1 aromatic rings. The highest BCUT2D eigenvalue weighted by Crippen LogP contribution is 2.17. The molecule has 92 valence electrons. The summed E-state index contributed by atoms with van der Waals surface area (Å²) in [6.45, 7) is 1.14. The molecule has 0 radical (unpaired) electrons. The molecule has 0 aliphatic carbocycles. The largest absolute Gasteiger partial charge is 0.497 e. The zero-order valence-electron chi connectivity index (χ0n) is 9.93. The van der Waals surface area contributed by atoms with Crippen LogP contribution in [0.4, 0.5) is 0 Å². The number of nitrogens with zero attached hydrogens (tertiary/aromatic N) is 1. The molecule has 0 aromatic heterocycles. The zero-order valence-corrected chi connectivity index (χ0v) is 9.93. The fourth-order valence-corrected chi connectivity index (χ4v) is 2.08. The van der Waals surface area contributed by atoms with Gasteiger partial charge in [0.25, 0.3) is 5.91 Å². The average Bonchev–Trinajstić information content (AvgIpc) is 2.38. The minimum atomic E-state index is -0.390. The van der Waals surface area contributed by atoms with Gasteiger partial charge in [0, 0.05) is 18.7 Å². The topological polar surface area (TPSA) is 49.8 Å². The van der Waals surface area contributed by atoms with E-state index in [-0.39, 0.29) is 5.91 Å². The van der Waals surface area contributed by atoms with Crippen LogP contribution in [-0.2, 0) is 0 Å². The van der Waals surface area contributed by atoms with Gasteiger partial charge < -0.3 is 14.7 Å². The molecular weight excluding hydrogens is 218 g/mol. The Balaban J connectivity index is 2.12. The lowest BCUT2D eigenvalue weighted by Gasteiger charge is -2.30. The van der Waals surface area contributed by atoms with Gasteiger partial charge in [0.15, 0.2) is 0 Å². The van der Waals surface area contributed by atoms with Crippen molar-refractivity contribution in [2.45, 2.75) is 18.9 Å². The van der Waals surface area contributed by atoms with Gasteiger partial charge in [0.1, 0.15) is 5.75 Å². The van der Waals surface area contributed by atoms with Gasteiger partial charge >= 0.3 is 0 Å². The van der Waals surface area contributed by atoms with Crippen molar-refractivity contribution >= 4 is 5.91 Å². The highest BCUT2D eigenvalue weighted by molar-refractivity contribution is 5.94. The Morgan fingerprint density at radius 1 is 1.53 bits per heavy atom. The highest BCUT2D eigenvalue weighted by atomic mass is 16.5. The standard InChI is InChI=1S/C13H17NO3/c1-17-12-6-2-4-10(8-12)13(16)14-7-3-5-11(15)9-14/h2,4,6,8,11,15H,3,5,7,9H2,1H3. The van der Waals surface area contributed by atoms with Crippen molar-refractivity contribution in [2.75, 3.05) is 20.2 Å². The molecule has 1 aliphatic heterocycles. The Morgan fingerprint density at radius 3 is 3.06 bits per heavy atom. The number of ether oxygens (including phenoxy) is 1. The Bertz CT molecular complexity index is 405. The molecule has 1 heterocycles. The minimum absolute atomic E-state index is 0.0392. The van der Waals surface area contributed by atoms with Crippen LogP contribution in [0.1, 0.15) is 23.2 Å². The summed E-state index contributed by atoms with van der Waals surface area (Å²) in [7, 11) is 1.58. The summed E-state index contributed by atoms with van der Waals surface area (Å²) in [6, 6.07) is 7.10. The number of piperidine rings is 1. The summed E-state index contributed by atoms with van der Waals surface area (Å²) >= 11 is 0. The first-order valence-electron chi connectivity index (χ1n) is 5.82. The lowest BCUT2D eigenvalue weighted by molar-refractivity contribution is 0.0473. The maximum atomic E-state index is 12.2. The molecule has 0 saturated carbocycles. The molecular formula is C13H17NO3. The number of hydrogen-bond donors (Lipinski definition) is 1. The molecule has 1 aliphatic rings. The van der Waals surface area contributed by atoms with Crippen molar-refractivity contribution in [1.82, 2.24) is 4.90 Å². The van der Waals surface area contributed by atoms with Crippen LogP contribution in [0, 0.1) is 0 Å². The number of benzene rings is 1. The average molecular weight is 235 g/mol. The molecule has 1 amide bonds. The molecule has 4 heteroatoms. The fourth-order valence-electron chi connectivity index (χ4n) is 2.08. The van der Waals surface area contributed by atoms with E-state index in [4.69, 9.17) is 4.74 Å². The normalized spacial score (nSPS) is 20.1. The Labute approximate surface area is 101 Å². The van der Waals surface area contributed by atoms with Gasteiger partial charge in [-0.2, -0.15) is 0 Å². The number of β-amino-alcohol motifs (C(OH)–C–C–N with tert-alkyl or cyclic N) is 1. The summed E-state index contributed by atoms with van der Waals surface area (Å²) in [5.41, 5.74) is 0.610. The number of carbonyl (C=O) groups is 1. The molecule has 1 aromatic carbocycles. The van der Waals surface area contributed by atoms with E-state index in [0.717, 1.165) is 12.8 Å². The molecule has 1 fully saturated rings. The van der Waals surface area contributed by atoms with Crippen LogP contribution in [-0.4, -0.2) is 42.2 Å². The Hall–Kier alpha value is -1.55. The summed E-state index contributed by atoms with van der Waals surface area (Å²) in [4.78, 5) is 13.9. The molecule has 0 spiro atoms. The third kappa shape index (κ3) is 2.77. The number of methoxy groups -OCH3 is 1. The van der Waals surface area contributed by atoms with Crippen molar-refractivity contribution in [3.63, 3.8) is 0 Å². The minimum Gasteiger partial charge on any atom is -0.497 e. The van der Waals surface area contributed by atoms with Crippen molar-refractivity contribution in [2.24, 2.45) is 0 Å². The number of aliphatic hydroxyl groups excluding tert-OH is 1. The lowest BCUT2D eigenvalue weighted by Crippen LogP contribution is -2.42. The summed E-state index contributed by atoms with van der Waals surface area (Å²) < 4.78 is 5.09. The number of hydrogen-bond acceptors (Lipinski definition) is 3. The predicted molar refractivity (Wildman–Crippen MR) is 64.1 cm³/mol. The van der Waals surface area contributed by atoms with Crippen LogP contribution >= 0.6 is 0 Å². The second kappa shape index (κ2) is 5.19. The molecule has 1 unspecified atom stereocenters. The van der Waals surface area contributed by atoms with Crippen LogP contribution in [0.25, 0.3) is 0 Å². The molecule has 1 atom stereocenters. The SMILES string of the molecule is COc1cccc(C(=O)N2CCCC(O)C2)c1. The van der Waals surface area contributed by atoms with E-state index >= 15 is 0 Å². The van der Waals surface area contributed by atoms with E-state index in [2.05, 4.69) is 0 Å². The van der Waals surface area contributed by atoms with Crippen molar-refractivity contribution in [3.05, 3.63) is 29.8 Å². The molecule has 2 rings (SSSR count). The predicted octanol–water partition coefficient (Wildman–Crippen LogP) is 1.29. The van der Waals surface area contributed by atoms with E-state index in [1.165, 1.54) is 0 Å². The van der Waals surface area contributed by atoms with E-state index < -0.39 is 6.10 Å². The van der Waals surface area contributed by atoms with Crippen LogP contribution in [0.2, 0.25) is 0 Å². The van der Waals surface area contributed by atoms with Crippen LogP contribution < -0.4 is 4.74 Å². The second-order valence-corrected chi connectivity index (χ2v) is 4.28. The maximum absolute atomic E-state index is 12.2. The van der Waals surface area contributed by atoms with Gasteiger partial charge in [-0.25, -0.2) is 0 Å². The summed E-state index contributed by atoms with van der Waals surface area (Å²) in [6.07, 6.45) is 1.25. The first-order chi connectivity index (χ1) is 8.20. The van der Waals surface area contributed by atoms with Crippen molar-refractivity contribution in [3.8, 4) is 5.75 Å². The Kier molecular flexibility index (Phi) is 3.64. The molecule has 0 bridgehead atoms. The molecule has 17 heavy (non-hydrogen) atoms. The second-order valence-electron chi connectivity index (χ2n) is 4.28. The maximum Gasteiger partial charge on any atom is 0.254 e. The van der Waals surface area contributed by atoms with Gasteiger partial charge in [-0.1, -0.05) is 6.07 Å². The first-order valence-corrected chi connectivity index (χ1v) is 5.82. The van der Waals surface area contributed by atoms with E-state index in [0.29, 0.717) is 24.4 Å². The van der Waals surface area contributed by atoms with E-state index in [1.54, 1.807) is 30.2 Å². The van der Waals surface area contributed by atoms with E-state index in [9.17, 15) is 9.90 Å². The number of rotatable bonds is 2. The fraction of sp³-hybridized carbons (Fsp3) is 0.462. The van der Waals surface area contributed by atoms with Crippen molar-refractivity contribution in [1.29, 1.82) is 0 Å². The number of amides is 1. The summed E-state index contributed by atoms with van der Waals surface area (Å²) in [5, 5.41) is 9.56. The number of carbonyl (C=O) groups excluding carboxylic acids is 1. The monoisotopic (exact) mass is 235 g/mol. The van der Waals surface area contributed by atoms with Crippen LogP contribution in [0.3, 0.4) is 0 Å². The molecule has 1 saturated heterocycles. The van der Waals surface area contributed by atoms with Crippen LogP contribution in [0.5, 0.6) is 5.75 Å². The van der Waals surface area contributed by atoms with Gasteiger partial charge in [0.2, 0.25) is 0 Å². The van der Waals surface area contributed by atoms with Gasteiger partial charge in [-0.3, -0.25) is 4.79 Å². The Morgan fingerprint density at radius 2 is 2.35 bits per heavy atom. The van der Waals surface area contributed by atoms with Gasteiger partial charge in [-0.15, -0.1) is 0 Å². The quantitative estimate of drug-likeness (QED) is 0.840. The van der Waals surface area contributed by atoms with Gasteiger partial charge in [0.05, 0.1) is 13.2 Å². The van der Waals surface area contributed by atoms with Gasteiger partial charge in [-0.05, 0) is 31.0 Å². The van der Waals surface area contributed by atoms with Crippen molar-refractivity contribution < 1.29 is 14.6 Å². The van der Waals surface area contributed by atoms with Crippen LogP contribution in [0.15, 0.2) is 24.3 Å². The third-order valence-electron chi connectivity index (χ3n) is 3.00. The lowest BCUT2D eigenvalue weighted by atomic mass is 10.1. The molecule has 4 nitrogen and oxygen atoms in total. The third-order valence-corrected chi connectivity index (χ3v) is 3.00. The molecule has 1 N–H and O–H groups in total. The smallest absolute Gasteiger partial charge is 0.254 e. The zero-order chi connectivity index (χ0) is 12.3. The number of likely N-dealkylation sites (tertiary alicyclic amines) is 1. The highest BCUT2D eigenvalue weighted by Gasteiger charge is 2.23. The number of aliphatic hydroxyl groups is 1. The summed E-state index contributed by atoms with van der Waals surface area (Å²) in [5.74, 6) is 0.635. The van der Waals surface area contributed by atoms with E-state index in [1.807, 2.05) is 6.07 Å². The first kappa shape index (κ1) is 11.9.